The van der Waals surface area contributed by atoms with Crippen molar-refractivity contribution in [2.24, 2.45) is 0 Å². The summed E-state index contributed by atoms with van der Waals surface area (Å²) in [5.41, 5.74) is 1.68. The van der Waals surface area contributed by atoms with Crippen molar-refractivity contribution < 1.29 is 32.9 Å². The van der Waals surface area contributed by atoms with Crippen LogP contribution < -0.4 is 19.5 Å². The molecule has 1 heterocycles. The van der Waals surface area contributed by atoms with Gasteiger partial charge in [0.05, 0.1) is 27.9 Å². The highest BCUT2D eigenvalue weighted by Gasteiger charge is 2.26. The number of ether oxygens (including phenoxy) is 4. The molecular formula is C24H24FNO6S. The van der Waals surface area contributed by atoms with Crippen LogP contribution in [0.3, 0.4) is 0 Å². The molecular weight excluding hydrogens is 449 g/mol. The van der Waals surface area contributed by atoms with E-state index in [1.54, 1.807) is 19.1 Å². The predicted molar refractivity (Wildman–Crippen MR) is 124 cm³/mol. The minimum absolute atomic E-state index is 0.164. The molecule has 0 fully saturated rings. The van der Waals surface area contributed by atoms with Gasteiger partial charge in [-0.15, -0.1) is 11.3 Å². The van der Waals surface area contributed by atoms with E-state index in [-0.39, 0.29) is 23.6 Å². The Labute approximate surface area is 195 Å². The number of nitrogens with one attached hydrogen (secondary N) is 1. The molecule has 3 aromatic rings. The fourth-order valence-electron chi connectivity index (χ4n) is 3.38. The fourth-order valence-corrected chi connectivity index (χ4v) is 4.44. The zero-order valence-corrected chi connectivity index (χ0v) is 19.7. The second-order valence-corrected chi connectivity index (χ2v) is 8.06. The predicted octanol–water partition coefficient (Wildman–Crippen LogP) is 5.32. The largest absolute Gasteiger partial charge is 0.493 e. The molecule has 7 nitrogen and oxygen atoms in total. The summed E-state index contributed by atoms with van der Waals surface area (Å²) in [6.45, 7) is 3.68. The van der Waals surface area contributed by atoms with Crippen molar-refractivity contribution in [1.82, 2.24) is 0 Å². The Kier molecular flexibility index (Phi) is 7.55. The Morgan fingerprint density at radius 2 is 1.61 bits per heavy atom. The van der Waals surface area contributed by atoms with Crippen LogP contribution in [-0.4, -0.2) is 39.8 Å². The summed E-state index contributed by atoms with van der Waals surface area (Å²) in [6.07, 6.45) is 0. The summed E-state index contributed by atoms with van der Waals surface area (Å²) >= 11 is 1.23. The van der Waals surface area contributed by atoms with Crippen LogP contribution in [0, 0.1) is 12.7 Å². The van der Waals surface area contributed by atoms with Gasteiger partial charge in [0.25, 0.3) is 5.91 Å². The molecule has 9 heteroatoms. The van der Waals surface area contributed by atoms with Crippen molar-refractivity contribution in [3.8, 4) is 28.4 Å². The Morgan fingerprint density at radius 3 is 2.12 bits per heavy atom. The summed E-state index contributed by atoms with van der Waals surface area (Å²) in [7, 11) is 4.38. The molecule has 3 rings (SSSR count). The molecule has 0 saturated carbocycles. The first kappa shape index (κ1) is 24.1. The zero-order chi connectivity index (χ0) is 24.1. The first-order valence-corrected chi connectivity index (χ1v) is 10.8. The van der Waals surface area contributed by atoms with E-state index in [0.717, 1.165) is 4.88 Å². The van der Waals surface area contributed by atoms with Crippen LogP contribution >= 0.6 is 11.3 Å². The molecule has 0 aliphatic heterocycles. The lowest BCUT2D eigenvalue weighted by molar-refractivity contribution is 0.0529. The number of carbonyl (C=O) groups excluding carboxylic acids is 2. The number of hydrogen-bond donors (Lipinski definition) is 1. The Morgan fingerprint density at radius 1 is 1.00 bits per heavy atom. The average Bonchev–Trinajstić information content (AvgIpc) is 3.13. The number of amides is 1. The van der Waals surface area contributed by atoms with Gasteiger partial charge in [0, 0.05) is 16.0 Å². The Bertz CT molecular complexity index is 1150. The third kappa shape index (κ3) is 4.93. The van der Waals surface area contributed by atoms with Crippen LogP contribution in [0.25, 0.3) is 11.1 Å². The van der Waals surface area contributed by atoms with E-state index in [9.17, 15) is 14.0 Å². The minimum Gasteiger partial charge on any atom is -0.493 e. The second-order valence-electron chi connectivity index (χ2n) is 6.83. The number of anilines is 1. The molecule has 0 spiro atoms. The number of thiophene rings is 1. The van der Waals surface area contributed by atoms with E-state index in [4.69, 9.17) is 18.9 Å². The SMILES string of the molecule is CCOC(=O)c1c(NC(=O)c2cc(OC)c(OC)c(OC)c2)sc(C)c1-c1ccc(F)cc1. The van der Waals surface area contributed by atoms with Gasteiger partial charge < -0.3 is 24.3 Å². The maximum atomic E-state index is 13.5. The van der Waals surface area contributed by atoms with Crippen LogP contribution in [0.5, 0.6) is 17.2 Å². The van der Waals surface area contributed by atoms with Gasteiger partial charge in [-0.1, -0.05) is 12.1 Å². The van der Waals surface area contributed by atoms with Crippen LogP contribution in [-0.2, 0) is 4.74 Å². The normalized spacial score (nSPS) is 10.5. The zero-order valence-electron chi connectivity index (χ0n) is 18.9. The quantitative estimate of drug-likeness (QED) is 0.446. The highest BCUT2D eigenvalue weighted by Crippen LogP contribution is 2.42. The van der Waals surface area contributed by atoms with Crippen LogP contribution in [0.1, 0.15) is 32.5 Å². The average molecular weight is 474 g/mol. The van der Waals surface area contributed by atoms with E-state index in [0.29, 0.717) is 33.4 Å². The number of hydrogen-bond acceptors (Lipinski definition) is 7. The number of methoxy groups -OCH3 is 3. The smallest absolute Gasteiger partial charge is 0.341 e. The molecule has 0 aliphatic rings. The van der Waals surface area contributed by atoms with E-state index in [2.05, 4.69) is 5.32 Å². The van der Waals surface area contributed by atoms with Gasteiger partial charge in [-0.2, -0.15) is 0 Å². The van der Waals surface area contributed by atoms with E-state index in [1.165, 1.54) is 56.9 Å². The van der Waals surface area contributed by atoms with Gasteiger partial charge in [-0.3, -0.25) is 4.79 Å². The first-order chi connectivity index (χ1) is 15.8. The van der Waals surface area contributed by atoms with Crippen molar-refractivity contribution in [2.45, 2.75) is 13.8 Å². The maximum Gasteiger partial charge on any atom is 0.341 e. The standard InChI is InChI=1S/C24H24FNO6S/c1-6-32-24(28)20-19(14-7-9-16(25)10-8-14)13(2)33-23(20)26-22(27)15-11-17(29-3)21(31-5)18(12-15)30-4/h7-12H,6H2,1-5H3,(H,26,27). The second kappa shape index (κ2) is 10.4. The molecule has 0 saturated heterocycles. The molecule has 174 valence electrons. The molecule has 2 aromatic carbocycles. The molecule has 0 atom stereocenters. The molecule has 1 N–H and O–H groups in total. The van der Waals surface area contributed by atoms with E-state index < -0.39 is 11.9 Å². The van der Waals surface area contributed by atoms with Crippen molar-refractivity contribution in [1.29, 1.82) is 0 Å². The third-order valence-corrected chi connectivity index (χ3v) is 5.87. The molecule has 0 unspecified atom stereocenters. The summed E-state index contributed by atoms with van der Waals surface area (Å²) in [6, 6.07) is 8.82. The number of rotatable bonds is 8. The molecule has 0 radical (unpaired) electrons. The maximum absolute atomic E-state index is 13.5. The van der Waals surface area contributed by atoms with Crippen LogP contribution in [0.15, 0.2) is 36.4 Å². The van der Waals surface area contributed by atoms with Crippen molar-refractivity contribution in [3.63, 3.8) is 0 Å². The number of halogens is 1. The Hall–Kier alpha value is -3.59. The third-order valence-electron chi connectivity index (χ3n) is 4.85. The summed E-state index contributed by atoms with van der Waals surface area (Å²) in [5, 5.41) is 3.12. The molecule has 1 amide bonds. The minimum atomic E-state index is -0.582. The topological polar surface area (TPSA) is 83.1 Å². The Balaban J connectivity index is 2.06. The monoisotopic (exact) mass is 473 g/mol. The van der Waals surface area contributed by atoms with Gasteiger partial charge >= 0.3 is 5.97 Å². The lowest BCUT2D eigenvalue weighted by Gasteiger charge is -2.14. The van der Waals surface area contributed by atoms with Crippen molar-refractivity contribution >= 4 is 28.2 Å². The molecule has 0 aliphatic carbocycles. The van der Waals surface area contributed by atoms with Gasteiger partial charge in [0.15, 0.2) is 11.5 Å². The van der Waals surface area contributed by atoms with Crippen molar-refractivity contribution in [2.75, 3.05) is 33.3 Å². The van der Waals surface area contributed by atoms with E-state index >= 15 is 0 Å². The van der Waals surface area contributed by atoms with Crippen molar-refractivity contribution in [3.05, 3.63) is 58.2 Å². The number of aryl methyl sites for hydroxylation is 1. The number of esters is 1. The summed E-state index contributed by atoms with van der Waals surface area (Å²) in [5.74, 6) is -0.452. The van der Waals surface area contributed by atoms with Gasteiger partial charge in [-0.05, 0) is 43.7 Å². The van der Waals surface area contributed by atoms with Crippen LogP contribution in [0.2, 0.25) is 0 Å². The lowest BCUT2D eigenvalue weighted by Crippen LogP contribution is -2.15. The van der Waals surface area contributed by atoms with E-state index in [1.807, 2.05) is 6.92 Å². The summed E-state index contributed by atoms with van der Waals surface area (Å²) in [4.78, 5) is 26.7. The number of benzene rings is 2. The highest BCUT2D eigenvalue weighted by molar-refractivity contribution is 7.17. The van der Waals surface area contributed by atoms with Gasteiger partial charge in [0.1, 0.15) is 16.4 Å². The number of carbonyl (C=O) groups is 2. The fraction of sp³-hybridized carbons (Fsp3) is 0.250. The molecule has 1 aromatic heterocycles. The molecule has 33 heavy (non-hydrogen) atoms. The lowest BCUT2D eigenvalue weighted by atomic mass is 10.0. The van der Waals surface area contributed by atoms with Gasteiger partial charge in [0.2, 0.25) is 5.75 Å². The molecule has 0 bridgehead atoms. The van der Waals surface area contributed by atoms with Crippen LogP contribution in [0.4, 0.5) is 9.39 Å². The highest BCUT2D eigenvalue weighted by atomic mass is 32.1. The first-order valence-electron chi connectivity index (χ1n) is 10.0. The summed E-state index contributed by atoms with van der Waals surface area (Å²) < 4.78 is 34.6. The van der Waals surface area contributed by atoms with Gasteiger partial charge in [-0.25, -0.2) is 9.18 Å².